The standard InChI is InChI=1S/C39H57NO10S/c1-21-25-9-13-39(4)26-8-12-37(2)11-7-22(35(46)47)17-27(37)24(26)20-29(42)34(39)38(25,3)14-10-28(21)40(31(43)5-6-32(44)45)15-16-51-33-19-23(41)18-30(50-33)36(48)49/h20-23,25-28,30,33-34,41H,5-19H2,1-4H3,(H,44,45)(H,46,47)(H,48,49). The number of carbonyl (C=O) groups is 5. The Balaban J connectivity index is 1.21. The molecule has 0 aromatic rings. The first kappa shape index (κ1) is 38.3. The van der Waals surface area contributed by atoms with Crippen LogP contribution in [-0.4, -0.2) is 90.9 Å². The highest BCUT2D eigenvalue weighted by Crippen LogP contribution is 2.69. The molecule has 284 valence electrons. The summed E-state index contributed by atoms with van der Waals surface area (Å²) in [6.45, 7) is 9.44. The first-order valence-corrected chi connectivity index (χ1v) is 20.2. The van der Waals surface area contributed by atoms with Gasteiger partial charge in [-0.05, 0) is 104 Å². The molecule has 0 aromatic carbocycles. The van der Waals surface area contributed by atoms with E-state index in [1.165, 1.54) is 17.3 Å². The summed E-state index contributed by atoms with van der Waals surface area (Å²) in [5.41, 5.74) is 0.218. The number of aliphatic hydroxyl groups excluding tert-OH is 1. The molecule has 1 aliphatic heterocycles. The predicted molar refractivity (Wildman–Crippen MR) is 190 cm³/mol. The van der Waals surface area contributed by atoms with Crippen molar-refractivity contribution in [3.05, 3.63) is 11.6 Å². The average molecular weight is 732 g/mol. The van der Waals surface area contributed by atoms with Gasteiger partial charge in [0.15, 0.2) is 11.9 Å². The fraction of sp³-hybridized carbons (Fsp3) is 0.821. The van der Waals surface area contributed by atoms with E-state index in [-0.39, 0.29) is 88.7 Å². The molecule has 1 amide bonds. The number of carbonyl (C=O) groups excluding carboxylic acids is 2. The predicted octanol–water partition coefficient (Wildman–Crippen LogP) is 5.63. The molecule has 4 N–H and O–H groups in total. The van der Waals surface area contributed by atoms with Crippen LogP contribution in [0.1, 0.15) is 111 Å². The number of carboxylic acids is 3. The van der Waals surface area contributed by atoms with Gasteiger partial charge in [0.05, 0.1) is 18.4 Å². The van der Waals surface area contributed by atoms with Gasteiger partial charge in [0.1, 0.15) is 5.44 Å². The number of fused-ring (bicyclic) bond motifs is 7. The number of thioether (sulfide) groups is 1. The largest absolute Gasteiger partial charge is 0.481 e. The van der Waals surface area contributed by atoms with E-state index in [0.29, 0.717) is 38.0 Å². The molecule has 51 heavy (non-hydrogen) atoms. The molecule has 13 atom stereocenters. The second kappa shape index (κ2) is 14.4. The number of rotatable bonds is 10. The quantitative estimate of drug-likeness (QED) is 0.219. The highest BCUT2D eigenvalue weighted by atomic mass is 32.2. The van der Waals surface area contributed by atoms with Gasteiger partial charge in [-0.25, -0.2) is 4.79 Å². The number of aliphatic hydroxyl groups is 1. The lowest BCUT2D eigenvalue weighted by Crippen LogP contribution is -2.63. The monoisotopic (exact) mass is 731 g/mol. The Morgan fingerprint density at radius 3 is 2.27 bits per heavy atom. The molecular formula is C39H57NO10S. The average Bonchev–Trinajstić information content (AvgIpc) is 3.05. The maximum absolute atomic E-state index is 14.5. The maximum Gasteiger partial charge on any atom is 0.332 e. The van der Waals surface area contributed by atoms with E-state index in [1.807, 2.05) is 11.0 Å². The highest BCUT2D eigenvalue weighted by Gasteiger charge is 2.65. The topological polar surface area (TPSA) is 179 Å². The minimum atomic E-state index is -1.11. The van der Waals surface area contributed by atoms with Crippen molar-refractivity contribution in [2.75, 3.05) is 12.3 Å². The van der Waals surface area contributed by atoms with Gasteiger partial charge in [0.2, 0.25) is 5.91 Å². The minimum Gasteiger partial charge on any atom is -0.481 e. The molecule has 0 spiro atoms. The lowest BCUT2D eigenvalue weighted by Gasteiger charge is -2.66. The zero-order valence-electron chi connectivity index (χ0n) is 30.6. The Hall–Kier alpha value is -2.44. The molecule has 4 saturated carbocycles. The van der Waals surface area contributed by atoms with Gasteiger partial charge in [-0.15, -0.1) is 11.8 Å². The van der Waals surface area contributed by atoms with E-state index in [0.717, 1.165) is 38.5 Å². The molecule has 0 bridgehead atoms. The summed E-state index contributed by atoms with van der Waals surface area (Å²) in [5.74, 6) is -2.36. The van der Waals surface area contributed by atoms with Crippen LogP contribution in [0.3, 0.4) is 0 Å². The van der Waals surface area contributed by atoms with Gasteiger partial charge in [-0.3, -0.25) is 19.2 Å². The fourth-order valence-electron chi connectivity index (χ4n) is 12.3. The van der Waals surface area contributed by atoms with E-state index >= 15 is 0 Å². The number of hydrogen-bond donors (Lipinski definition) is 4. The molecular weight excluding hydrogens is 674 g/mol. The number of carboxylic acid groups (broad SMARTS) is 3. The molecule has 1 saturated heterocycles. The third-order valence-corrected chi connectivity index (χ3v) is 15.9. The Morgan fingerprint density at radius 2 is 1.59 bits per heavy atom. The molecule has 1 heterocycles. The molecule has 0 aromatic heterocycles. The van der Waals surface area contributed by atoms with Crippen LogP contribution in [0, 0.1) is 51.8 Å². The van der Waals surface area contributed by atoms with Crippen molar-refractivity contribution in [1.29, 1.82) is 0 Å². The van der Waals surface area contributed by atoms with E-state index in [4.69, 9.17) is 4.74 Å². The SMILES string of the molecule is CC1C(N(CCSC2CC(O)CC(C(=O)O)O2)C(=O)CCC(=O)O)CCC2(C)C1CCC1(C)C3CCC4(C)CCC(C(=O)O)CC4C3=CC(=O)C12. The summed E-state index contributed by atoms with van der Waals surface area (Å²) in [5, 5.41) is 39.0. The van der Waals surface area contributed by atoms with E-state index in [1.54, 1.807) is 0 Å². The zero-order chi connectivity index (χ0) is 37.0. The van der Waals surface area contributed by atoms with E-state index in [2.05, 4.69) is 27.7 Å². The van der Waals surface area contributed by atoms with Gasteiger partial charge < -0.3 is 30.1 Å². The molecule has 13 unspecified atom stereocenters. The number of hydrogen-bond acceptors (Lipinski definition) is 8. The van der Waals surface area contributed by atoms with Gasteiger partial charge in [0.25, 0.3) is 0 Å². The third-order valence-electron chi connectivity index (χ3n) is 14.8. The maximum atomic E-state index is 14.5. The normalized spacial score (nSPS) is 43.4. The van der Waals surface area contributed by atoms with Crippen molar-refractivity contribution in [2.45, 2.75) is 135 Å². The molecule has 5 fully saturated rings. The van der Waals surface area contributed by atoms with Gasteiger partial charge in [-0.1, -0.05) is 33.3 Å². The Bertz CT molecular complexity index is 1450. The number of aliphatic carboxylic acids is 3. The molecule has 5 aliphatic carbocycles. The minimum absolute atomic E-state index is 0.0290. The Kier molecular flexibility index (Phi) is 10.8. The van der Waals surface area contributed by atoms with Crippen LogP contribution in [0.25, 0.3) is 0 Å². The van der Waals surface area contributed by atoms with Crippen LogP contribution in [0.5, 0.6) is 0 Å². The lowest BCUT2D eigenvalue weighted by molar-refractivity contribution is -0.168. The smallest absolute Gasteiger partial charge is 0.332 e. The van der Waals surface area contributed by atoms with E-state index in [9.17, 15) is 44.4 Å². The van der Waals surface area contributed by atoms with Crippen LogP contribution >= 0.6 is 11.8 Å². The van der Waals surface area contributed by atoms with Crippen LogP contribution in [0.4, 0.5) is 0 Å². The van der Waals surface area contributed by atoms with Crippen molar-refractivity contribution in [3.8, 4) is 0 Å². The Morgan fingerprint density at radius 1 is 0.882 bits per heavy atom. The summed E-state index contributed by atoms with van der Waals surface area (Å²) < 4.78 is 5.71. The Labute approximate surface area is 305 Å². The van der Waals surface area contributed by atoms with Crippen molar-refractivity contribution < 1.29 is 49.1 Å². The van der Waals surface area contributed by atoms with Gasteiger partial charge >= 0.3 is 17.9 Å². The fourth-order valence-corrected chi connectivity index (χ4v) is 13.4. The van der Waals surface area contributed by atoms with Crippen LogP contribution in [0.2, 0.25) is 0 Å². The summed E-state index contributed by atoms with van der Waals surface area (Å²) in [4.78, 5) is 65.1. The summed E-state index contributed by atoms with van der Waals surface area (Å²) in [6, 6.07) is -0.130. The molecule has 11 nitrogen and oxygen atoms in total. The van der Waals surface area contributed by atoms with Gasteiger partial charge in [0, 0.05) is 43.5 Å². The summed E-state index contributed by atoms with van der Waals surface area (Å²) in [7, 11) is 0. The molecule has 12 heteroatoms. The second-order valence-corrected chi connectivity index (χ2v) is 18.8. The number of ketones is 1. The first-order chi connectivity index (χ1) is 24.0. The van der Waals surface area contributed by atoms with Gasteiger partial charge in [-0.2, -0.15) is 0 Å². The third kappa shape index (κ3) is 7.02. The number of ether oxygens (including phenoxy) is 1. The zero-order valence-corrected chi connectivity index (χ0v) is 31.4. The second-order valence-electron chi connectivity index (χ2n) is 17.6. The molecule has 6 aliphatic rings. The highest BCUT2D eigenvalue weighted by molar-refractivity contribution is 7.99. The molecule has 0 radical (unpaired) electrons. The number of nitrogens with zero attached hydrogens (tertiary/aromatic N) is 1. The number of amides is 1. The summed E-state index contributed by atoms with van der Waals surface area (Å²) in [6.07, 6.45) is 7.59. The van der Waals surface area contributed by atoms with Crippen molar-refractivity contribution in [1.82, 2.24) is 4.90 Å². The van der Waals surface area contributed by atoms with Crippen molar-refractivity contribution in [2.24, 2.45) is 51.8 Å². The van der Waals surface area contributed by atoms with Crippen LogP contribution < -0.4 is 0 Å². The van der Waals surface area contributed by atoms with Crippen molar-refractivity contribution >= 4 is 41.4 Å². The van der Waals surface area contributed by atoms with E-state index < -0.39 is 35.6 Å². The van der Waals surface area contributed by atoms with Crippen LogP contribution in [-0.2, 0) is 28.7 Å². The van der Waals surface area contributed by atoms with Crippen molar-refractivity contribution in [3.63, 3.8) is 0 Å². The summed E-state index contributed by atoms with van der Waals surface area (Å²) >= 11 is 1.37. The molecule has 6 rings (SSSR count). The lowest BCUT2D eigenvalue weighted by atomic mass is 9.38. The van der Waals surface area contributed by atoms with Crippen LogP contribution in [0.15, 0.2) is 11.6 Å². The number of allylic oxidation sites excluding steroid dienone is 2. The first-order valence-electron chi connectivity index (χ1n) is 19.2.